The van der Waals surface area contributed by atoms with Gasteiger partial charge in [-0.25, -0.2) is 0 Å². The zero-order valence-electron chi connectivity index (χ0n) is 11.3. The topological polar surface area (TPSA) is 32.3 Å². The van der Waals surface area contributed by atoms with Gasteiger partial charge < -0.3 is 10.2 Å². The standard InChI is InChI=1S/C15H22N2O/c1-12-4-3-5-14(10-12)6-7-15(18)17-9-8-16-13(2)11-17/h3-5,10,13,16H,6-9,11H2,1-2H3/t13-/m0/s1. The maximum Gasteiger partial charge on any atom is 0.222 e. The van der Waals surface area contributed by atoms with Crippen LogP contribution in [0.25, 0.3) is 0 Å². The Morgan fingerprint density at radius 3 is 3.06 bits per heavy atom. The van der Waals surface area contributed by atoms with Crippen LogP contribution in [-0.2, 0) is 11.2 Å². The van der Waals surface area contributed by atoms with Crippen molar-refractivity contribution in [2.24, 2.45) is 0 Å². The summed E-state index contributed by atoms with van der Waals surface area (Å²) < 4.78 is 0. The van der Waals surface area contributed by atoms with Crippen molar-refractivity contribution < 1.29 is 4.79 Å². The number of carbonyl (C=O) groups is 1. The SMILES string of the molecule is Cc1cccc(CCC(=O)N2CCN[C@@H](C)C2)c1. The first kappa shape index (κ1) is 13.1. The minimum Gasteiger partial charge on any atom is -0.340 e. The number of rotatable bonds is 3. The summed E-state index contributed by atoms with van der Waals surface area (Å²) in [5.74, 6) is 0.282. The summed E-state index contributed by atoms with van der Waals surface area (Å²) in [5, 5.41) is 3.35. The van der Waals surface area contributed by atoms with Crippen LogP contribution >= 0.6 is 0 Å². The molecular formula is C15H22N2O. The minimum absolute atomic E-state index is 0.282. The highest BCUT2D eigenvalue weighted by atomic mass is 16.2. The molecule has 1 amide bonds. The van der Waals surface area contributed by atoms with Crippen molar-refractivity contribution in [3.63, 3.8) is 0 Å². The molecule has 0 aromatic heterocycles. The van der Waals surface area contributed by atoms with Gasteiger partial charge in [-0.2, -0.15) is 0 Å². The zero-order chi connectivity index (χ0) is 13.0. The number of hydrogen-bond donors (Lipinski definition) is 1. The van der Waals surface area contributed by atoms with Gasteiger partial charge in [-0.15, -0.1) is 0 Å². The molecule has 1 aliphatic heterocycles. The average Bonchev–Trinajstić information content (AvgIpc) is 2.36. The third-order valence-corrected chi connectivity index (χ3v) is 3.43. The van der Waals surface area contributed by atoms with E-state index in [1.165, 1.54) is 11.1 Å². The average molecular weight is 246 g/mol. The van der Waals surface area contributed by atoms with Crippen LogP contribution in [0.1, 0.15) is 24.5 Å². The molecule has 2 rings (SSSR count). The fourth-order valence-corrected chi connectivity index (χ4v) is 2.44. The number of nitrogens with one attached hydrogen (secondary N) is 1. The molecule has 0 radical (unpaired) electrons. The third kappa shape index (κ3) is 3.57. The Labute approximate surface area is 109 Å². The summed E-state index contributed by atoms with van der Waals surface area (Å²) in [6.45, 7) is 6.81. The largest absolute Gasteiger partial charge is 0.340 e. The number of benzene rings is 1. The molecule has 0 saturated carbocycles. The van der Waals surface area contributed by atoms with Crippen molar-refractivity contribution in [2.45, 2.75) is 32.7 Å². The lowest BCUT2D eigenvalue weighted by atomic mass is 10.1. The normalized spacial score (nSPS) is 19.9. The predicted octanol–water partition coefficient (Wildman–Crippen LogP) is 1.75. The van der Waals surface area contributed by atoms with Crippen molar-refractivity contribution >= 4 is 5.91 Å². The second-order valence-electron chi connectivity index (χ2n) is 5.18. The van der Waals surface area contributed by atoms with E-state index in [1.54, 1.807) is 0 Å². The van der Waals surface area contributed by atoms with Crippen LogP contribution in [0.2, 0.25) is 0 Å². The van der Waals surface area contributed by atoms with Gasteiger partial charge in [-0.1, -0.05) is 29.8 Å². The predicted molar refractivity (Wildman–Crippen MR) is 73.5 cm³/mol. The van der Waals surface area contributed by atoms with Gasteiger partial charge in [0.05, 0.1) is 0 Å². The van der Waals surface area contributed by atoms with E-state index in [4.69, 9.17) is 0 Å². The van der Waals surface area contributed by atoms with Gasteiger partial charge in [0.1, 0.15) is 0 Å². The molecule has 0 aliphatic carbocycles. The van der Waals surface area contributed by atoms with Gasteiger partial charge in [0, 0.05) is 32.1 Å². The zero-order valence-corrected chi connectivity index (χ0v) is 11.3. The first-order valence-corrected chi connectivity index (χ1v) is 6.72. The van der Waals surface area contributed by atoms with Gasteiger partial charge in [0.2, 0.25) is 5.91 Å². The Morgan fingerprint density at radius 2 is 2.33 bits per heavy atom. The van der Waals surface area contributed by atoms with E-state index >= 15 is 0 Å². The lowest BCUT2D eigenvalue weighted by molar-refractivity contribution is -0.132. The highest BCUT2D eigenvalue weighted by Crippen LogP contribution is 2.09. The van der Waals surface area contributed by atoms with Gasteiger partial charge in [0.15, 0.2) is 0 Å². The molecule has 98 valence electrons. The Kier molecular flexibility index (Phi) is 4.37. The summed E-state index contributed by atoms with van der Waals surface area (Å²) in [6.07, 6.45) is 1.47. The molecule has 3 nitrogen and oxygen atoms in total. The molecule has 1 saturated heterocycles. The number of hydrogen-bond acceptors (Lipinski definition) is 2. The summed E-state index contributed by atoms with van der Waals surface area (Å²) in [4.78, 5) is 14.1. The maximum atomic E-state index is 12.1. The summed E-state index contributed by atoms with van der Waals surface area (Å²) in [5.41, 5.74) is 2.52. The Morgan fingerprint density at radius 1 is 1.50 bits per heavy atom. The monoisotopic (exact) mass is 246 g/mol. The van der Waals surface area contributed by atoms with Gasteiger partial charge in [-0.05, 0) is 25.8 Å². The minimum atomic E-state index is 0.282. The Balaban J connectivity index is 1.84. The Hall–Kier alpha value is -1.35. The molecule has 0 unspecified atom stereocenters. The van der Waals surface area contributed by atoms with Gasteiger partial charge in [-0.3, -0.25) is 4.79 Å². The van der Waals surface area contributed by atoms with Crippen LogP contribution in [0, 0.1) is 6.92 Å². The van der Waals surface area contributed by atoms with Crippen molar-refractivity contribution in [3.8, 4) is 0 Å². The third-order valence-electron chi connectivity index (χ3n) is 3.43. The quantitative estimate of drug-likeness (QED) is 0.881. The number of amides is 1. The lowest BCUT2D eigenvalue weighted by Gasteiger charge is -2.32. The molecule has 1 fully saturated rings. The van der Waals surface area contributed by atoms with Gasteiger partial charge in [0.25, 0.3) is 0 Å². The van der Waals surface area contributed by atoms with Crippen molar-refractivity contribution in [2.75, 3.05) is 19.6 Å². The molecule has 0 bridgehead atoms. The second kappa shape index (κ2) is 6.01. The summed E-state index contributed by atoms with van der Waals surface area (Å²) in [7, 11) is 0. The van der Waals surface area contributed by atoms with Gasteiger partial charge >= 0.3 is 0 Å². The van der Waals surface area contributed by atoms with E-state index in [0.29, 0.717) is 12.5 Å². The molecule has 3 heteroatoms. The first-order valence-electron chi connectivity index (χ1n) is 6.72. The molecule has 1 N–H and O–H groups in total. The van der Waals surface area contributed by atoms with Crippen molar-refractivity contribution in [3.05, 3.63) is 35.4 Å². The first-order chi connectivity index (χ1) is 8.65. The Bertz CT molecular complexity index is 417. The lowest BCUT2D eigenvalue weighted by Crippen LogP contribution is -2.51. The van der Waals surface area contributed by atoms with E-state index in [-0.39, 0.29) is 5.91 Å². The van der Waals surface area contributed by atoms with Crippen LogP contribution in [0.5, 0.6) is 0 Å². The smallest absolute Gasteiger partial charge is 0.222 e. The van der Waals surface area contributed by atoms with Crippen molar-refractivity contribution in [1.82, 2.24) is 10.2 Å². The van der Waals surface area contributed by atoms with Crippen LogP contribution in [0.3, 0.4) is 0 Å². The number of carbonyl (C=O) groups excluding carboxylic acids is 1. The molecule has 1 aliphatic rings. The molecule has 1 heterocycles. The maximum absolute atomic E-state index is 12.1. The molecular weight excluding hydrogens is 224 g/mol. The van der Waals surface area contributed by atoms with E-state index < -0.39 is 0 Å². The summed E-state index contributed by atoms with van der Waals surface area (Å²) >= 11 is 0. The highest BCUT2D eigenvalue weighted by Gasteiger charge is 2.19. The van der Waals surface area contributed by atoms with Crippen LogP contribution in [0.15, 0.2) is 24.3 Å². The fraction of sp³-hybridized carbons (Fsp3) is 0.533. The molecule has 1 aromatic carbocycles. The molecule has 1 aromatic rings. The van der Waals surface area contributed by atoms with E-state index in [1.807, 2.05) is 4.90 Å². The molecule has 0 spiro atoms. The van der Waals surface area contributed by atoms with Crippen LogP contribution in [0.4, 0.5) is 0 Å². The van der Waals surface area contributed by atoms with E-state index in [0.717, 1.165) is 26.1 Å². The number of aryl methyl sites for hydroxylation is 2. The molecule has 18 heavy (non-hydrogen) atoms. The number of nitrogens with zero attached hydrogens (tertiary/aromatic N) is 1. The highest BCUT2D eigenvalue weighted by molar-refractivity contribution is 5.76. The van der Waals surface area contributed by atoms with E-state index in [2.05, 4.69) is 43.4 Å². The second-order valence-corrected chi connectivity index (χ2v) is 5.18. The van der Waals surface area contributed by atoms with Crippen molar-refractivity contribution in [1.29, 1.82) is 0 Å². The van der Waals surface area contributed by atoms with Crippen LogP contribution < -0.4 is 5.32 Å². The van der Waals surface area contributed by atoms with Crippen LogP contribution in [-0.4, -0.2) is 36.5 Å². The molecule has 1 atom stereocenters. The van der Waals surface area contributed by atoms with E-state index in [9.17, 15) is 4.79 Å². The fourth-order valence-electron chi connectivity index (χ4n) is 2.44. The summed E-state index contributed by atoms with van der Waals surface area (Å²) in [6, 6.07) is 8.82. The number of piperazine rings is 1.